The minimum atomic E-state index is -0.371. The quantitative estimate of drug-likeness (QED) is 0.808. The van der Waals surface area contributed by atoms with Crippen molar-refractivity contribution in [2.75, 3.05) is 6.61 Å². The molecule has 0 bridgehead atoms. The van der Waals surface area contributed by atoms with Gasteiger partial charge in [0.2, 0.25) is 0 Å². The largest absolute Gasteiger partial charge is 0.488 e. The van der Waals surface area contributed by atoms with Gasteiger partial charge in [-0.1, -0.05) is 41.9 Å². The Morgan fingerprint density at radius 2 is 2.05 bits per heavy atom. The lowest BCUT2D eigenvalue weighted by Crippen LogP contribution is -2.17. The third-order valence-corrected chi connectivity index (χ3v) is 3.39. The van der Waals surface area contributed by atoms with Crippen LogP contribution in [0.3, 0.4) is 0 Å². The molecule has 0 atom stereocenters. The molecule has 1 heterocycles. The van der Waals surface area contributed by atoms with Crippen LogP contribution >= 0.6 is 11.6 Å². The Hall–Kier alpha value is -2.26. The molecule has 1 aliphatic heterocycles. The number of benzene rings is 2. The van der Waals surface area contributed by atoms with Crippen molar-refractivity contribution >= 4 is 23.6 Å². The van der Waals surface area contributed by atoms with Gasteiger partial charge in [0.15, 0.2) is 0 Å². The summed E-state index contributed by atoms with van der Waals surface area (Å²) in [5.41, 5.74) is 2.25. The fourth-order valence-electron chi connectivity index (χ4n) is 2.10. The summed E-state index contributed by atoms with van der Waals surface area (Å²) in [5, 5.41) is 0.623. The second-order valence-corrected chi connectivity index (χ2v) is 5.14. The number of fused-ring (bicyclic) bond motifs is 1. The normalized spacial score (nSPS) is 12.9. The topological polar surface area (TPSA) is 35.5 Å². The molecule has 1 aliphatic rings. The number of hydrogen-bond acceptors (Lipinski definition) is 3. The van der Waals surface area contributed by atoms with Crippen molar-refractivity contribution < 1.29 is 14.3 Å². The first-order valence-corrected chi connectivity index (χ1v) is 6.94. The van der Waals surface area contributed by atoms with E-state index in [9.17, 15) is 4.79 Å². The van der Waals surface area contributed by atoms with Crippen LogP contribution in [0.25, 0.3) is 6.08 Å². The molecule has 2 aromatic carbocycles. The maximum absolute atomic E-state index is 12.1. The second kappa shape index (κ2) is 6.02. The highest BCUT2D eigenvalue weighted by Crippen LogP contribution is 2.26. The molecular weight excluding hydrogens is 288 g/mol. The van der Waals surface area contributed by atoms with Gasteiger partial charge >= 0.3 is 5.97 Å². The Morgan fingerprint density at radius 1 is 1.19 bits per heavy atom. The third kappa shape index (κ3) is 3.26. The molecule has 2 aromatic rings. The van der Waals surface area contributed by atoms with Crippen LogP contribution in [-0.2, 0) is 16.1 Å². The van der Waals surface area contributed by atoms with Crippen molar-refractivity contribution in [1.82, 2.24) is 0 Å². The first kappa shape index (κ1) is 13.7. The lowest BCUT2D eigenvalue weighted by molar-refractivity contribution is -0.140. The molecular formula is C17H13ClO3. The van der Waals surface area contributed by atoms with E-state index in [1.807, 2.05) is 36.4 Å². The highest BCUT2D eigenvalue weighted by Gasteiger charge is 2.18. The number of carbonyl (C=O) groups excluding carboxylic acids is 1. The van der Waals surface area contributed by atoms with Crippen LogP contribution in [0.2, 0.25) is 5.02 Å². The zero-order valence-corrected chi connectivity index (χ0v) is 12.0. The van der Waals surface area contributed by atoms with Crippen LogP contribution in [0.5, 0.6) is 5.75 Å². The maximum atomic E-state index is 12.1. The maximum Gasteiger partial charge on any atom is 0.337 e. The van der Waals surface area contributed by atoms with Gasteiger partial charge in [-0.25, -0.2) is 4.79 Å². The number of hydrogen-bond donors (Lipinski definition) is 0. The van der Waals surface area contributed by atoms with Gasteiger partial charge in [-0.2, -0.15) is 0 Å². The van der Waals surface area contributed by atoms with Gasteiger partial charge in [-0.3, -0.25) is 0 Å². The zero-order chi connectivity index (χ0) is 14.7. The van der Waals surface area contributed by atoms with Crippen LogP contribution in [0.4, 0.5) is 0 Å². The SMILES string of the molecule is O=C(OCc1cccc(Cl)c1)C1=Cc2ccccc2OC1. The van der Waals surface area contributed by atoms with E-state index in [0.717, 1.165) is 16.9 Å². The first-order valence-electron chi connectivity index (χ1n) is 6.56. The van der Waals surface area contributed by atoms with Gasteiger partial charge in [-0.05, 0) is 29.8 Å². The Bertz CT molecular complexity index is 707. The molecule has 4 heteroatoms. The van der Waals surface area contributed by atoms with Crippen LogP contribution < -0.4 is 4.74 Å². The summed E-state index contributed by atoms with van der Waals surface area (Å²) in [4.78, 5) is 12.1. The van der Waals surface area contributed by atoms with E-state index < -0.39 is 0 Å². The van der Waals surface area contributed by atoms with Crippen LogP contribution in [0, 0.1) is 0 Å². The van der Waals surface area contributed by atoms with Crippen molar-refractivity contribution in [2.45, 2.75) is 6.61 Å². The number of esters is 1. The van der Waals surface area contributed by atoms with E-state index in [0.29, 0.717) is 10.6 Å². The lowest BCUT2D eigenvalue weighted by atomic mass is 10.1. The number of rotatable bonds is 3. The monoisotopic (exact) mass is 300 g/mol. The summed E-state index contributed by atoms with van der Waals surface area (Å²) in [5.74, 6) is 0.411. The number of carbonyl (C=O) groups is 1. The zero-order valence-electron chi connectivity index (χ0n) is 11.2. The predicted octanol–water partition coefficient (Wildman–Crippen LogP) is 3.86. The third-order valence-electron chi connectivity index (χ3n) is 3.15. The van der Waals surface area contributed by atoms with E-state index in [1.54, 1.807) is 18.2 Å². The van der Waals surface area contributed by atoms with Gasteiger partial charge < -0.3 is 9.47 Å². The summed E-state index contributed by atoms with van der Waals surface area (Å²) in [7, 11) is 0. The molecule has 0 aromatic heterocycles. The van der Waals surface area contributed by atoms with Gasteiger partial charge in [0.05, 0.1) is 5.57 Å². The van der Waals surface area contributed by atoms with Gasteiger partial charge in [-0.15, -0.1) is 0 Å². The average Bonchev–Trinajstić information content (AvgIpc) is 2.52. The standard InChI is InChI=1S/C17H13ClO3/c18-15-6-3-4-12(8-15)10-21-17(19)14-9-13-5-1-2-7-16(13)20-11-14/h1-9H,10-11H2. The molecule has 0 fully saturated rings. The number of ether oxygens (including phenoxy) is 2. The summed E-state index contributed by atoms with van der Waals surface area (Å²) in [6.07, 6.45) is 1.80. The molecule has 3 rings (SSSR count). The minimum absolute atomic E-state index is 0.193. The smallest absolute Gasteiger partial charge is 0.337 e. The Labute approximate surface area is 127 Å². The summed E-state index contributed by atoms with van der Waals surface area (Å²) < 4.78 is 10.8. The van der Waals surface area contributed by atoms with Crippen molar-refractivity contribution in [1.29, 1.82) is 0 Å². The van der Waals surface area contributed by atoms with E-state index >= 15 is 0 Å². The first-order chi connectivity index (χ1) is 10.2. The molecule has 0 saturated heterocycles. The highest BCUT2D eigenvalue weighted by molar-refractivity contribution is 6.30. The summed E-state index contributed by atoms with van der Waals surface area (Å²) in [6, 6.07) is 14.8. The van der Waals surface area contributed by atoms with E-state index in [4.69, 9.17) is 21.1 Å². The number of halogens is 1. The van der Waals surface area contributed by atoms with Gasteiger partial charge in [0.25, 0.3) is 0 Å². The van der Waals surface area contributed by atoms with Crippen LogP contribution in [-0.4, -0.2) is 12.6 Å². The Morgan fingerprint density at radius 3 is 2.90 bits per heavy atom. The molecule has 0 radical (unpaired) electrons. The van der Waals surface area contributed by atoms with E-state index in [-0.39, 0.29) is 19.2 Å². The molecule has 21 heavy (non-hydrogen) atoms. The van der Waals surface area contributed by atoms with Crippen molar-refractivity contribution in [2.24, 2.45) is 0 Å². The fraction of sp³-hybridized carbons (Fsp3) is 0.118. The van der Waals surface area contributed by atoms with Crippen molar-refractivity contribution in [3.05, 3.63) is 70.3 Å². The molecule has 0 saturated carbocycles. The Balaban J connectivity index is 1.68. The molecule has 106 valence electrons. The summed E-state index contributed by atoms with van der Waals surface area (Å²) in [6.45, 7) is 0.420. The lowest BCUT2D eigenvalue weighted by Gasteiger charge is -2.17. The van der Waals surface area contributed by atoms with Gasteiger partial charge in [0.1, 0.15) is 19.0 Å². The molecule has 0 aliphatic carbocycles. The van der Waals surface area contributed by atoms with Crippen LogP contribution in [0.1, 0.15) is 11.1 Å². The fourth-order valence-corrected chi connectivity index (χ4v) is 2.32. The predicted molar refractivity (Wildman–Crippen MR) is 81.2 cm³/mol. The number of para-hydroxylation sites is 1. The average molecular weight is 301 g/mol. The molecule has 0 spiro atoms. The molecule has 0 N–H and O–H groups in total. The van der Waals surface area contributed by atoms with E-state index in [2.05, 4.69) is 0 Å². The van der Waals surface area contributed by atoms with E-state index in [1.165, 1.54) is 0 Å². The highest BCUT2D eigenvalue weighted by atomic mass is 35.5. The summed E-state index contributed by atoms with van der Waals surface area (Å²) >= 11 is 5.89. The molecule has 3 nitrogen and oxygen atoms in total. The van der Waals surface area contributed by atoms with Crippen molar-refractivity contribution in [3.63, 3.8) is 0 Å². The molecule has 0 unspecified atom stereocenters. The second-order valence-electron chi connectivity index (χ2n) is 4.70. The molecule has 0 amide bonds. The minimum Gasteiger partial charge on any atom is -0.488 e. The van der Waals surface area contributed by atoms with Crippen LogP contribution in [0.15, 0.2) is 54.1 Å². The van der Waals surface area contributed by atoms with Gasteiger partial charge in [0, 0.05) is 10.6 Å². The Kier molecular flexibility index (Phi) is 3.93. The van der Waals surface area contributed by atoms with Crippen molar-refractivity contribution in [3.8, 4) is 5.75 Å².